The monoisotopic (exact) mass is 291 g/mol. The minimum atomic E-state index is 0.702. The predicted molar refractivity (Wildman–Crippen MR) is 90.0 cm³/mol. The number of nitrogens with zero attached hydrogens (tertiary/aromatic N) is 1. The Balaban J connectivity index is 2.62. The van der Waals surface area contributed by atoms with Gasteiger partial charge in [-0.05, 0) is 37.3 Å². The molecule has 4 heteroatoms. The lowest BCUT2D eigenvalue weighted by molar-refractivity contribution is 0.294. The van der Waals surface area contributed by atoms with E-state index in [0.29, 0.717) is 6.54 Å². The molecule has 1 aromatic rings. The van der Waals surface area contributed by atoms with Gasteiger partial charge in [0, 0.05) is 26.2 Å². The van der Waals surface area contributed by atoms with E-state index >= 15 is 0 Å². The fourth-order valence-corrected chi connectivity index (χ4v) is 2.07. The van der Waals surface area contributed by atoms with Gasteiger partial charge in [-0.15, -0.1) is 0 Å². The molecule has 0 aliphatic heterocycles. The second kappa shape index (κ2) is 9.27. The molecule has 2 N–H and O–H groups in total. The summed E-state index contributed by atoms with van der Waals surface area (Å²) in [5.74, 6) is 2.48. The number of nitrogens with one attached hydrogen (secondary N) is 2. The summed E-state index contributed by atoms with van der Waals surface area (Å²) in [6.45, 7) is 8.05. The molecule has 0 radical (unpaired) electrons. The summed E-state index contributed by atoms with van der Waals surface area (Å²) in [6.07, 6.45) is 2.29. The van der Waals surface area contributed by atoms with Gasteiger partial charge in [0.2, 0.25) is 0 Å². The number of guanidine groups is 1. The van der Waals surface area contributed by atoms with Crippen LogP contribution in [0.3, 0.4) is 0 Å². The van der Waals surface area contributed by atoms with Crippen LogP contribution in [0.4, 0.5) is 0 Å². The van der Waals surface area contributed by atoms with E-state index in [9.17, 15) is 0 Å². The van der Waals surface area contributed by atoms with E-state index in [4.69, 9.17) is 4.74 Å². The van der Waals surface area contributed by atoms with Gasteiger partial charge >= 0.3 is 0 Å². The van der Waals surface area contributed by atoms with Crippen molar-refractivity contribution in [2.24, 2.45) is 10.9 Å². The van der Waals surface area contributed by atoms with Crippen molar-refractivity contribution in [3.63, 3.8) is 0 Å². The first kappa shape index (κ1) is 17.3. The largest absolute Gasteiger partial charge is 0.493 e. The Labute approximate surface area is 129 Å². The first-order valence-electron chi connectivity index (χ1n) is 7.67. The van der Waals surface area contributed by atoms with Crippen molar-refractivity contribution in [1.82, 2.24) is 10.6 Å². The van der Waals surface area contributed by atoms with E-state index in [1.165, 1.54) is 12.0 Å². The van der Waals surface area contributed by atoms with Crippen molar-refractivity contribution in [3.05, 3.63) is 29.3 Å². The maximum atomic E-state index is 5.97. The third-order valence-corrected chi connectivity index (χ3v) is 3.31. The van der Waals surface area contributed by atoms with Gasteiger partial charge < -0.3 is 15.4 Å². The number of aryl methyl sites for hydroxylation is 1. The van der Waals surface area contributed by atoms with Crippen LogP contribution in [0.1, 0.15) is 37.8 Å². The number of hydrogen-bond donors (Lipinski definition) is 2. The fourth-order valence-electron chi connectivity index (χ4n) is 2.07. The van der Waals surface area contributed by atoms with E-state index < -0.39 is 0 Å². The highest BCUT2D eigenvalue weighted by atomic mass is 16.5. The minimum Gasteiger partial charge on any atom is -0.493 e. The zero-order valence-corrected chi connectivity index (χ0v) is 14.0. The molecule has 0 aliphatic carbocycles. The molecule has 0 aliphatic rings. The number of rotatable bonds is 7. The molecule has 4 nitrogen and oxygen atoms in total. The Morgan fingerprint density at radius 2 is 2.10 bits per heavy atom. The summed E-state index contributed by atoms with van der Waals surface area (Å²) in [7, 11) is 3.62. The molecule has 0 saturated heterocycles. The molecule has 0 amide bonds. The molecule has 118 valence electrons. The lowest BCUT2D eigenvalue weighted by Crippen LogP contribution is -2.34. The van der Waals surface area contributed by atoms with E-state index in [1.807, 2.05) is 7.05 Å². The highest BCUT2D eigenvalue weighted by Crippen LogP contribution is 2.21. The van der Waals surface area contributed by atoms with Crippen LogP contribution in [0.5, 0.6) is 5.75 Å². The normalized spacial score (nSPS) is 11.6. The van der Waals surface area contributed by atoms with Crippen LogP contribution in [-0.4, -0.2) is 26.7 Å². The zero-order chi connectivity index (χ0) is 15.7. The molecule has 0 unspecified atom stereocenters. The Bertz CT molecular complexity index is 455. The molecule has 0 atom stereocenters. The lowest BCUT2D eigenvalue weighted by Gasteiger charge is -2.15. The van der Waals surface area contributed by atoms with Gasteiger partial charge in [-0.2, -0.15) is 0 Å². The van der Waals surface area contributed by atoms with Crippen molar-refractivity contribution >= 4 is 5.96 Å². The van der Waals surface area contributed by atoms with Crippen LogP contribution < -0.4 is 15.4 Å². The number of benzene rings is 1. The van der Waals surface area contributed by atoms with E-state index in [1.54, 1.807) is 7.05 Å². The summed E-state index contributed by atoms with van der Waals surface area (Å²) in [5, 5.41) is 6.28. The second-order valence-electron chi connectivity index (χ2n) is 5.67. The average molecular weight is 291 g/mol. The SMILES string of the molecule is CN=C(NC)NCc1ccc(C)cc1OCCCC(C)C. The molecule has 0 spiro atoms. The van der Waals surface area contributed by atoms with Crippen LogP contribution in [0.2, 0.25) is 0 Å². The molecule has 1 rings (SSSR count). The summed E-state index contributed by atoms with van der Waals surface area (Å²) >= 11 is 0. The third kappa shape index (κ3) is 6.52. The van der Waals surface area contributed by atoms with Crippen molar-refractivity contribution in [1.29, 1.82) is 0 Å². The molecular formula is C17H29N3O. The second-order valence-corrected chi connectivity index (χ2v) is 5.67. The summed E-state index contributed by atoms with van der Waals surface area (Å²) in [5.41, 5.74) is 2.37. The molecule has 0 bridgehead atoms. The molecular weight excluding hydrogens is 262 g/mol. The van der Waals surface area contributed by atoms with Gasteiger partial charge in [-0.1, -0.05) is 26.0 Å². The van der Waals surface area contributed by atoms with Crippen LogP contribution in [0, 0.1) is 12.8 Å². The van der Waals surface area contributed by atoms with Gasteiger partial charge in [0.05, 0.1) is 6.61 Å². The average Bonchev–Trinajstić information content (AvgIpc) is 2.46. The molecule has 21 heavy (non-hydrogen) atoms. The van der Waals surface area contributed by atoms with Crippen molar-refractivity contribution in [3.8, 4) is 5.75 Å². The maximum absolute atomic E-state index is 5.97. The van der Waals surface area contributed by atoms with Gasteiger partial charge in [-0.3, -0.25) is 4.99 Å². The Kier molecular flexibility index (Phi) is 7.65. The Hall–Kier alpha value is -1.71. The summed E-state index contributed by atoms with van der Waals surface area (Å²) < 4.78 is 5.97. The van der Waals surface area contributed by atoms with Crippen LogP contribution in [0.25, 0.3) is 0 Å². The van der Waals surface area contributed by atoms with Crippen LogP contribution in [-0.2, 0) is 6.54 Å². The quantitative estimate of drug-likeness (QED) is 0.461. The Morgan fingerprint density at radius 1 is 1.33 bits per heavy atom. The zero-order valence-electron chi connectivity index (χ0n) is 14.0. The molecule has 0 aromatic heterocycles. The summed E-state index contributed by atoms with van der Waals surface area (Å²) in [6, 6.07) is 6.33. The van der Waals surface area contributed by atoms with Gasteiger partial charge in [-0.25, -0.2) is 0 Å². The molecule has 1 aromatic carbocycles. The highest BCUT2D eigenvalue weighted by molar-refractivity contribution is 5.79. The highest BCUT2D eigenvalue weighted by Gasteiger charge is 2.05. The standard InChI is InChI=1S/C17H29N3O/c1-13(2)7-6-10-21-16-11-14(3)8-9-15(16)12-20-17(18-4)19-5/h8-9,11,13H,6-7,10,12H2,1-5H3,(H2,18,19,20). The van der Waals surface area contributed by atoms with Crippen molar-refractivity contribution in [2.75, 3.05) is 20.7 Å². The minimum absolute atomic E-state index is 0.702. The van der Waals surface area contributed by atoms with Crippen molar-refractivity contribution in [2.45, 2.75) is 40.2 Å². The number of aliphatic imine (C=N–C) groups is 1. The van der Waals surface area contributed by atoms with Gasteiger partial charge in [0.15, 0.2) is 5.96 Å². The number of hydrogen-bond acceptors (Lipinski definition) is 2. The van der Waals surface area contributed by atoms with Gasteiger partial charge in [0.1, 0.15) is 5.75 Å². The number of ether oxygens (including phenoxy) is 1. The fraction of sp³-hybridized carbons (Fsp3) is 0.588. The smallest absolute Gasteiger partial charge is 0.190 e. The van der Waals surface area contributed by atoms with E-state index in [-0.39, 0.29) is 0 Å². The molecule has 0 saturated carbocycles. The summed E-state index contributed by atoms with van der Waals surface area (Å²) in [4.78, 5) is 4.12. The topological polar surface area (TPSA) is 45.7 Å². The molecule has 0 heterocycles. The van der Waals surface area contributed by atoms with Gasteiger partial charge in [0.25, 0.3) is 0 Å². The van der Waals surface area contributed by atoms with Crippen LogP contribution >= 0.6 is 0 Å². The first-order chi connectivity index (χ1) is 10.1. The van der Waals surface area contributed by atoms with E-state index in [0.717, 1.165) is 36.2 Å². The Morgan fingerprint density at radius 3 is 2.71 bits per heavy atom. The van der Waals surface area contributed by atoms with Crippen LogP contribution in [0.15, 0.2) is 23.2 Å². The van der Waals surface area contributed by atoms with Crippen molar-refractivity contribution < 1.29 is 4.74 Å². The third-order valence-electron chi connectivity index (χ3n) is 3.31. The maximum Gasteiger partial charge on any atom is 0.190 e. The molecule has 0 fully saturated rings. The first-order valence-corrected chi connectivity index (χ1v) is 7.67. The van der Waals surface area contributed by atoms with E-state index in [2.05, 4.69) is 54.6 Å². The predicted octanol–water partition coefficient (Wildman–Crippen LogP) is 3.10. The lowest BCUT2D eigenvalue weighted by atomic mass is 10.1.